The van der Waals surface area contributed by atoms with Crippen molar-refractivity contribution >= 4 is 11.5 Å². The SMILES string of the molecule is C1=CNC(c2ccc(C3NC(c4cccc5c4-c4ccccc4C54c5ccccc5-c5ccccc54)=Nc4ccccc43)nc2)C=C1. The van der Waals surface area contributed by atoms with Crippen LogP contribution in [0.1, 0.15) is 56.7 Å². The zero-order chi connectivity index (χ0) is 31.0. The van der Waals surface area contributed by atoms with Gasteiger partial charge in [0.2, 0.25) is 0 Å². The topological polar surface area (TPSA) is 49.3 Å². The van der Waals surface area contributed by atoms with Crippen LogP contribution in [0.3, 0.4) is 0 Å². The van der Waals surface area contributed by atoms with Gasteiger partial charge in [-0.25, -0.2) is 4.99 Å². The molecule has 10 rings (SSSR count). The van der Waals surface area contributed by atoms with Crippen molar-refractivity contribution in [1.82, 2.24) is 15.6 Å². The highest BCUT2D eigenvalue weighted by atomic mass is 15.1. The number of dihydropyridines is 1. The van der Waals surface area contributed by atoms with Crippen LogP contribution in [0.15, 0.2) is 163 Å². The molecule has 0 saturated heterocycles. The first kappa shape index (κ1) is 26.2. The summed E-state index contributed by atoms with van der Waals surface area (Å²) in [5, 5.41) is 7.27. The van der Waals surface area contributed by atoms with Crippen molar-refractivity contribution in [2.45, 2.75) is 17.5 Å². The molecule has 1 aromatic heterocycles. The molecule has 3 heterocycles. The molecule has 47 heavy (non-hydrogen) atoms. The average molecular weight is 603 g/mol. The Morgan fingerprint density at radius 3 is 1.96 bits per heavy atom. The van der Waals surface area contributed by atoms with Crippen LogP contribution in [0.4, 0.5) is 5.69 Å². The van der Waals surface area contributed by atoms with Crippen LogP contribution in [0.5, 0.6) is 0 Å². The summed E-state index contributed by atoms with van der Waals surface area (Å²) < 4.78 is 0. The highest BCUT2D eigenvalue weighted by Gasteiger charge is 2.52. The number of hydrogen-bond acceptors (Lipinski definition) is 4. The third-order valence-corrected chi connectivity index (χ3v) is 10.3. The number of amidine groups is 1. The van der Waals surface area contributed by atoms with Crippen molar-refractivity contribution in [2.75, 3.05) is 0 Å². The van der Waals surface area contributed by atoms with Gasteiger partial charge in [0.05, 0.1) is 28.9 Å². The molecule has 2 N–H and O–H groups in total. The Balaban J connectivity index is 1.15. The molecular formula is C43H30N4. The first-order valence-corrected chi connectivity index (χ1v) is 16.2. The second kappa shape index (κ2) is 10.0. The first-order chi connectivity index (χ1) is 23.3. The van der Waals surface area contributed by atoms with Crippen molar-refractivity contribution in [2.24, 2.45) is 4.99 Å². The fraction of sp³-hybridized carbons (Fsp3) is 0.0698. The number of fused-ring (bicyclic) bond motifs is 11. The van der Waals surface area contributed by atoms with E-state index in [2.05, 4.69) is 150 Å². The lowest BCUT2D eigenvalue weighted by Crippen LogP contribution is -2.34. The Morgan fingerprint density at radius 2 is 1.23 bits per heavy atom. The van der Waals surface area contributed by atoms with Gasteiger partial charge in [0.1, 0.15) is 5.84 Å². The molecule has 2 aliphatic heterocycles. The van der Waals surface area contributed by atoms with Gasteiger partial charge in [0.15, 0.2) is 0 Å². The molecular weight excluding hydrogens is 573 g/mol. The van der Waals surface area contributed by atoms with Gasteiger partial charge in [-0.3, -0.25) is 4.98 Å². The zero-order valence-corrected chi connectivity index (χ0v) is 25.6. The number of para-hydroxylation sites is 1. The number of hydrogen-bond donors (Lipinski definition) is 2. The minimum Gasteiger partial charge on any atom is -0.381 e. The molecule has 4 aliphatic rings. The highest BCUT2D eigenvalue weighted by molar-refractivity contribution is 6.10. The van der Waals surface area contributed by atoms with Gasteiger partial charge in [0, 0.05) is 17.3 Å². The van der Waals surface area contributed by atoms with E-state index in [1.165, 1.54) is 44.5 Å². The molecule has 0 saturated carbocycles. The quantitative estimate of drug-likeness (QED) is 0.212. The molecule has 5 aromatic carbocycles. The molecule has 4 nitrogen and oxygen atoms in total. The summed E-state index contributed by atoms with van der Waals surface area (Å²) in [6, 6.07) is 46.3. The standard InChI is InChI=1S/C43H30N4/c1-5-17-33-28(12-1)29-13-2-6-18-34(29)43(33)35-19-7-3-14-30(35)40-32(16-11-20-36(40)43)42-46-38-22-8-4-15-31(38)41(47-42)39-24-23-27(26-45-39)37-21-9-10-25-44-37/h1-26,37,41,44H,(H,46,47). The van der Waals surface area contributed by atoms with Crippen molar-refractivity contribution in [3.05, 3.63) is 203 Å². The van der Waals surface area contributed by atoms with E-state index in [1.54, 1.807) is 0 Å². The fourth-order valence-corrected chi connectivity index (χ4v) is 8.34. The van der Waals surface area contributed by atoms with Crippen molar-refractivity contribution in [1.29, 1.82) is 0 Å². The van der Waals surface area contributed by atoms with Gasteiger partial charge in [-0.1, -0.05) is 127 Å². The second-order valence-corrected chi connectivity index (χ2v) is 12.6. The van der Waals surface area contributed by atoms with Crippen LogP contribution >= 0.6 is 0 Å². The summed E-state index contributed by atoms with van der Waals surface area (Å²) in [5.74, 6) is 0.866. The number of nitrogens with one attached hydrogen (secondary N) is 2. The van der Waals surface area contributed by atoms with Crippen molar-refractivity contribution < 1.29 is 0 Å². The monoisotopic (exact) mass is 602 g/mol. The molecule has 2 unspecified atom stereocenters. The van der Waals surface area contributed by atoms with Gasteiger partial charge < -0.3 is 10.6 Å². The summed E-state index contributed by atoms with van der Waals surface area (Å²) in [5.41, 5.74) is 15.3. The van der Waals surface area contributed by atoms with E-state index in [9.17, 15) is 0 Å². The molecule has 0 amide bonds. The third kappa shape index (κ3) is 3.64. The maximum atomic E-state index is 5.29. The third-order valence-electron chi connectivity index (χ3n) is 10.3. The minimum atomic E-state index is -0.393. The zero-order valence-electron chi connectivity index (χ0n) is 25.6. The van der Waals surface area contributed by atoms with Crippen LogP contribution < -0.4 is 10.6 Å². The molecule has 2 aliphatic carbocycles. The lowest BCUT2D eigenvalue weighted by atomic mass is 9.70. The van der Waals surface area contributed by atoms with Crippen LogP contribution in [0, 0.1) is 0 Å². The molecule has 0 radical (unpaired) electrons. The van der Waals surface area contributed by atoms with Gasteiger partial charge in [0.25, 0.3) is 0 Å². The molecule has 0 fully saturated rings. The number of rotatable bonds is 3. The smallest absolute Gasteiger partial charge is 0.135 e. The maximum absolute atomic E-state index is 5.29. The van der Waals surface area contributed by atoms with Crippen LogP contribution in [0.25, 0.3) is 22.3 Å². The highest BCUT2D eigenvalue weighted by Crippen LogP contribution is 2.63. The predicted molar refractivity (Wildman–Crippen MR) is 189 cm³/mol. The fourth-order valence-electron chi connectivity index (χ4n) is 8.34. The van der Waals surface area contributed by atoms with Crippen LogP contribution in [-0.4, -0.2) is 10.8 Å². The summed E-state index contributed by atoms with van der Waals surface area (Å²) >= 11 is 0. The van der Waals surface area contributed by atoms with Crippen molar-refractivity contribution in [3.8, 4) is 22.3 Å². The lowest BCUT2D eigenvalue weighted by molar-refractivity contribution is 0.709. The summed E-state index contributed by atoms with van der Waals surface area (Å²) in [6.07, 6.45) is 10.2. The largest absolute Gasteiger partial charge is 0.381 e. The van der Waals surface area contributed by atoms with E-state index in [-0.39, 0.29) is 12.1 Å². The van der Waals surface area contributed by atoms with E-state index in [0.717, 1.165) is 33.9 Å². The molecule has 6 aromatic rings. The number of pyridine rings is 1. The molecule has 4 heteroatoms. The van der Waals surface area contributed by atoms with Crippen LogP contribution in [0.2, 0.25) is 0 Å². The second-order valence-electron chi connectivity index (χ2n) is 12.6. The maximum Gasteiger partial charge on any atom is 0.135 e. The van der Waals surface area contributed by atoms with E-state index in [1.807, 2.05) is 18.5 Å². The minimum absolute atomic E-state index is 0.121. The van der Waals surface area contributed by atoms with Crippen LogP contribution in [-0.2, 0) is 5.41 Å². The molecule has 0 bridgehead atoms. The Hall–Kier alpha value is -6.00. The van der Waals surface area contributed by atoms with E-state index >= 15 is 0 Å². The predicted octanol–water partition coefficient (Wildman–Crippen LogP) is 8.91. The molecule has 1 spiro atoms. The van der Waals surface area contributed by atoms with E-state index in [0.29, 0.717) is 0 Å². The van der Waals surface area contributed by atoms with Gasteiger partial charge in [-0.05, 0) is 74.5 Å². The number of aromatic nitrogens is 1. The summed E-state index contributed by atoms with van der Waals surface area (Å²) in [7, 11) is 0. The Bertz CT molecular complexity index is 2280. The van der Waals surface area contributed by atoms with Gasteiger partial charge in [-0.2, -0.15) is 0 Å². The first-order valence-electron chi connectivity index (χ1n) is 16.2. The number of allylic oxidation sites excluding steroid dienone is 2. The summed E-state index contributed by atoms with van der Waals surface area (Å²) in [4.78, 5) is 10.3. The molecule has 222 valence electrons. The average Bonchev–Trinajstić information content (AvgIpc) is 3.62. The van der Waals surface area contributed by atoms with E-state index in [4.69, 9.17) is 9.98 Å². The Labute approximate surface area is 273 Å². The lowest BCUT2D eigenvalue weighted by Gasteiger charge is -2.31. The van der Waals surface area contributed by atoms with E-state index < -0.39 is 5.41 Å². The summed E-state index contributed by atoms with van der Waals surface area (Å²) in [6.45, 7) is 0. The van der Waals surface area contributed by atoms with Gasteiger partial charge >= 0.3 is 0 Å². The Morgan fingerprint density at radius 1 is 0.574 bits per heavy atom. The number of aliphatic imine (C=N–C) groups is 1. The Kier molecular flexibility index (Phi) is 5.58. The molecule has 2 atom stereocenters. The van der Waals surface area contributed by atoms with Gasteiger partial charge in [-0.15, -0.1) is 0 Å². The number of benzene rings is 5. The number of nitrogens with zero attached hydrogens (tertiary/aromatic N) is 2. The van der Waals surface area contributed by atoms with Crippen molar-refractivity contribution in [3.63, 3.8) is 0 Å². The normalized spacial score (nSPS) is 18.7.